The molecule has 1 aliphatic heterocycles. The fourth-order valence-corrected chi connectivity index (χ4v) is 3.19. The van der Waals surface area contributed by atoms with Gasteiger partial charge in [0.15, 0.2) is 0 Å². The van der Waals surface area contributed by atoms with Crippen LogP contribution in [-0.2, 0) is 0 Å². The Bertz CT molecular complexity index is 422. The predicted octanol–water partition coefficient (Wildman–Crippen LogP) is 3.39. The van der Waals surface area contributed by atoms with Crippen molar-refractivity contribution in [3.8, 4) is 6.07 Å². The summed E-state index contributed by atoms with van der Waals surface area (Å²) >= 11 is 1.98. The minimum Gasteiger partial charge on any atom is -0.383 e. The van der Waals surface area contributed by atoms with Crippen LogP contribution in [0.5, 0.6) is 0 Å². The first kappa shape index (κ1) is 12.3. The first-order chi connectivity index (χ1) is 8.29. The monoisotopic (exact) mass is 250 g/mol. The Hall–Kier alpha value is -1.21. The van der Waals surface area contributed by atoms with Crippen LogP contribution in [0.25, 0.3) is 0 Å². The Labute approximate surface area is 105 Å². The number of halogens is 1. The zero-order valence-electron chi connectivity index (χ0n) is 9.58. The highest BCUT2D eigenvalue weighted by Crippen LogP contribution is 2.26. The third-order valence-electron chi connectivity index (χ3n) is 2.90. The number of thioether (sulfide) groups is 1. The summed E-state index contributed by atoms with van der Waals surface area (Å²) in [6.45, 7) is 0.852. The zero-order chi connectivity index (χ0) is 12.1. The maximum atomic E-state index is 12.9. The van der Waals surface area contributed by atoms with E-state index in [2.05, 4.69) is 5.32 Å². The van der Waals surface area contributed by atoms with Crippen molar-refractivity contribution in [2.45, 2.75) is 24.5 Å². The third-order valence-corrected chi connectivity index (χ3v) is 4.29. The Kier molecular flexibility index (Phi) is 4.27. The molecule has 1 N–H and O–H groups in total. The SMILES string of the molecule is N#Cc1cc(F)ccc1NCC1CCCCS1. The molecule has 1 fully saturated rings. The van der Waals surface area contributed by atoms with Gasteiger partial charge in [-0.25, -0.2) is 4.39 Å². The maximum Gasteiger partial charge on any atom is 0.124 e. The normalized spacial score (nSPS) is 19.6. The summed E-state index contributed by atoms with van der Waals surface area (Å²) in [5.74, 6) is 0.861. The van der Waals surface area contributed by atoms with E-state index in [0.717, 1.165) is 12.2 Å². The van der Waals surface area contributed by atoms with Gasteiger partial charge in [-0.3, -0.25) is 0 Å². The molecule has 1 heterocycles. The molecule has 0 amide bonds. The van der Waals surface area contributed by atoms with Gasteiger partial charge in [-0.15, -0.1) is 0 Å². The highest BCUT2D eigenvalue weighted by atomic mass is 32.2. The minimum absolute atomic E-state index is 0.362. The lowest BCUT2D eigenvalue weighted by atomic mass is 10.1. The zero-order valence-corrected chi connectivity index (χ0v) is 10.4. The van der Waals surface area contributed by atoms with Crippen LogP contribution >= 0.6 is 11.8 Å². The van der Waals surface area contributed by atoms with E-state index in [1.54, 1.807) is 6.07 Å². The molecule has 1 aromatic rings. The van der Waals surface area contributed by atoms with E-state index in [1.165, 1.54) is 37.1 Å². The summed E-state index contributed by atoms with van der Waals surface area (Å²) in [5, 5.41) is 12.8. The number of nitriles is 1. The molecule has 90 valence electrons. The fourth-order valence-electron chi connectivity index (χ4n) is 1.96. The summed E-state index contributed by atoms with van der Waals surface area (Å²) in [6, 6.07) is 6.32. The van der Waals surface area contributed by atoms with E-state index < -0.39 is 0 Å². The molecule has 0 spiro atoms. The van der Waals surface area contributed by atoms with Gasteiger partial charge in [-0.2, -0.15) is 17.0 Å². The minimum atomic E-state index is -0.362. The first-order valence-corrected chi connectivity index (χ1v) is 6.89. The fraction of sp³-hybridized carbons (Fsp3) is 0.462. The van der Waals surface area contributed by atoms with E-state index in [9.17, 15) is 4.39 Å². The van der Waals surface area contributed by atoms with Crippen LogP contribution in [0.15, 0.2) is 18.2 Å². The molecule has 1 unspecified atom stereocenters. The van der Waals surface area contributed by atoms with Crippen LogP contribution in [0, 0.1) is 17.1 Å². The number of benzene rings is 1. The van der Waals surface area contributed by atoms with Crippen LogP contribution in [0.1, 0.15) is 24.8 Å². The molecule has 0 aliphatic carbocycles. The highest BCUT2D eigenvalue weighted by molar-refractivity contribution is 7.99. The van der Waals surface area contributed by atoms with Crippen molar-refractivity contribution in [2.24, 2.45) is 0 Å². The Morgan fingerprint density at radius 3 is 3.06 bits per heavy atom. The van der Waals surface area contributed by atoms with Gasteiger partial charge in [0.2, 0.25) is 0 Å². The van der Waals surface area contributed by atoms with Crippen molar-refractivity contribution in [3.63, 3.8) is 0 Å². The van der Waals surface area contributed by atoms with Gasteiger partial charge < -0.3 is 5.32 Å². The van der Waals surface area contributed by atoms with Crippen LogP contribution < -0.4 is 5.32 Å². The maximum absolute atomic E-state index is 12.9. The average Bonchev–Trinajstić information content (AvgIpc) is 2.38. The van der Waals surface area contributed by atoms with Crippen molar-refractivity contribution in [3.05, 3.63) is 29.6 Å². The smallest absolute Gasteiger partial charge is 0.124 e. The number of hydrogen-bond acceptors (Lipinski definition) is 3. The van der Waals surface area contributed by atoms with Gasteiger partial charge in [0.05, 0.1) is 11.3 Å². The largest absolute Gasteiger partial charge is 0.383 e. The molecule has 1 atom stereocenters. The molecular weight excluding hydrogens is 235 g/mol. The van der Waals surface area contributed by atoms with Gasteiger partial charge in [0.25, 0.3) is 0 Å². The quantitative estimate of drug-likeness (QED) is 0.893. The molecule has 17 heavy (non-hydrogen) atoms. The first-order valence-electron chi connectivity index (χ1n) is 5.85. The van der Waals surface area contributed by atoms with Gasteiger partial charge in [-0.1, -0.05) is 6.42 Å². The summed E-state index contributed by atoms with van der Waals surface area (Å²) in [4.78, 5) is 0. The molecular formula is C13H15FN2S. The van der Waals surface area contributed by atoms with E-state index in [4.69, 9.17) is 5.26 Å². The van der Waals surface area contributed by atoms with Crippen LogP contribution in [0.2, 0.25) is 0 Å². The van der Waals surface area contributed by atoms with Crippen molar-refractivity contribution >= 4 is 17.4 Å². The summed E-state index contributed by atoms with van der Waals surface area (Å²) in [7, 11) is 0. The van der Waals surface area contributed by atoms with Gasteiger partial charge >= 0.3 is 0 Å². The second-order valence-corrected chi connectivity index (χ2v) is 5.58. The van der Waals surface area contributed by atoms with E-state index in [1.807, 2.05) is 17.8 Å². The number of nitrogens with zero attached hydrogens (tertiary/aromatic N) is 1. The summed E-state index contributed by atoms with van der Waals surface area (Å²) in [5.41, 5.74) is 1.12. The number of hydrogen-bond donors (Lipinski definition) is 1. The Morgan fingerprint density at radius 1 is 1.47 bits per heavy atom. The second-order valence-electron chi connectivity index (χ2n) is 4.17. The van der Waals surface area contributed by atoms with Crippen LogP contribution in [0.4, 0.5) is 10.1 Å². The molecule has 4 heteroatoms. The Morgan fingerprint density at radius 2 is 2.35 bits per heavy atom. The molecule has 2 nitrogen and oxygen atoms in total. The molecule has 1 aliphatic rings. The van der Waals surface area contributed by atoms with Crippen LogP contribution in [0.3, 0.4) is 0 Å². The molecule has 0 saturated carbocycles. The highest BCUT2D eigenvalue weighted by Gasteiger charge is 2.14. The van der Waals surface area contributed by atoms with Crippen LogP contribution in [-0.4, -0.2) is 17.5 Å². The van der Waals surface area contributed by atoms with Crippen molar-refractivity contribution < 1.29 is 4.39 Å². The molecule has 0 radical (unpaired) electrons. The van der Waals surface area contributed by atoms with E-state index >= 15 is 0 Å². The molecule has 1 saturated heterocycles. The topological polar surface area (TPSA) is 35.8 Å². The Balaban J connectivity index is 1.96. The van der Waals surface area contributed by atoms with Gasteiger partial charge in [-0.05, 0) is 36.8 Å². The van der Waals surface area contributed by atoms with E-state index in [0.29, 0.717) is 10.8 Å². The average molecular weight is 250 g/mol. The molecule has 2 rings (SSSR count). The summed E-state index contributed by atoms with van der Waals surface area (Å²) in [6.07, 6.45) is 3.82. The lowest BCUT2D eigenvalue weighted by molar-refractivity contribution is 0.627. The number of nitrogens with one attached hydrogen (secondary N) is 1. The molecule has 1 aromatic carbocycles. The lowest BCUT2D eigenvalue weighted by Crippen LogP contribution is -2.20. The summed E-state index contributed by atoms with van der Waals surface area (Å²) < 4.78 is 12.9. The van der Waals surface area contributed by atoms with Gasteiger partial charge in [0.1, 0.15) is 11.9 Å². The second kappa shape index (κ2) is 5.92. The third kappa shape index (κ3) is 3.37. The molecule has 0 aromatic heterocycles. The van der Waals surface area contributed by atoms with E-state index in [-0.39, 0.29) is 5.82 Å². The van der Waals surface area contributed by atoms with Crippen molar-refractivity contribution in [2.75, 3.05) is 17.6 Å². The molecule has 0 bridgehead atoms. The predicted molar refractivity (Wildman–Crippen MR) is 69.7 cm³/mol. The van der Waals surface area contributed by atoms with Gasteiger partial charge in [0, 0.05) is 11.8 Å². The number of anilines is 1. The van der Waals surface area contributed by atoms with Crippen molar-refractivity contribution in [1.82, 2.24) is 0 Å². The lowest BCUT2D eigenvalue weighted by Gasteiger charge is -2.22. The number of rotatable bonds is 3. The van der Waals surface area contributed by atoms with Crippen molar-refractivity contribution in [1.29, 1.82) is 5.26 Å². The standard InChI is InChI=1S/C13H15FN2S/c14-11-4-5-13(10(7-11)8-15)16-9-12-3-1-2-6-17-12/h4-5,7,12,16H,1-3,6,9H2.